The van der Waals surface area contributed by atoms with Gasteiger partial charge < -0.3 is 15.4 Å². The molecule has 0 aliphatic heterocycles. The summed E-state index contributed by atoms with van der Waals surface area (Å²) in [4.78, 5) is 7.35. The Balaban J connectivity index is 1.80. The van der Waals surface area contributed by atoms with E-state index in [1.54, 1.807) is 0 Å². The second kappa shape index (κ2) is 9.13. The quantitative estimate of drug-likeness (QED) is 0.318. The standard InChI is InChI=1S/C16H16F6N4OS/c1-23-14(25-8-13-26-12(9-28-13)16(20,21)22)24-6-7-27-11-5-3-2-4-10(11)15(17,18)19/h2-5,9H,6-8H2,1H3,(H2,23,24,25). The highest BCUT2D eigenvalue weighted by molar-refractivity contribution is 7.09. The molecule has 0 spiro atoms. The first-order valence-electron chi connectivity index (χ1n) is 7.86. The summed E-state index contributed by atoms with van der Waals surface area (Å²) in [7, 11) is 1.44. The van der Waals surface area contributed by atoms with Crippen molar-refractivity contribution >= 4 is 17.3 Å². The zero-order valence-corrected chi connectivity index (χ0v) is 15.3. The van der Waals surface area contributed by atoms with Crippen LogP contribution in [0.25, 0.3) is 0 Å². The Kier molecular flexibility index (Phi) is 7.11. The Morgan fingerprint density at radius 3 is 2.43 bits per heavy atom. The number of para-hydroxylation sites is 1. The van der Waals surface area contributed by atoms with Gasteiger partial charge in [0, 0.05) is 12.4 Å². The van der Waals surface area contributed by atoms with Crippen molar-refractivity contribution in [2.24, 2.45) is 4.99 Å². The van der Waals surface area contributed by atoms with E-state index in [-0.39, 0.29) is 36.4 Å². The van der Waals surface area contributed by atoms with Gasteiger partial charge in [-0.2, -0.15) is 26.3 Å². The van der Waals surface area contributed by atoms with Crippen LogP contribution < -0.4 is 15.4 Å². The van der Waals surface area contributed by atoms with Gasteiger partial charge in [0.15, 0.2) is 11.7 Å². The average molecular weight is 426 g/mol. The number of nitrogens with zero attached hydrogens (tertiary/aromatic N) is 2. The van der Waals surface area contributed by atoms with Crippen molar-refractivity contribution in [1.29, 1.82) is 0 Å². The van der Waals surface area contributed by atoms with E-state index >= 15 is 0 Å². The number of halogens is 6. The molecule has 0 fully saturated rings. The molecule has 2 rings (SSSR count). The van der Waals surface area contributed by atoms with Crippen LogP contribution in [0.1, 0.15) is 16.3 Å². The van der Waals surface area contributed by atoms with Crippen LogP contribution in [0.3, 0.4) is 0 Å². The second-order valence-electron chi connectivity index (χ2n) is 5.32. The molecule has 2 aromatic rings. The fourth-order valence-corrected chi connectivity index (χ4v) is 2.80. The maximum absolute atomic E-state index is 12.9. The molecule has 0 amide bonds. The van der Waals surface area contributed by atoms with Crippen molar-refractivity contribution in [2.75, 3.05) is 20.2 Å². The Bertz CT molecular complexity index is 803. The first kappa shape index (κ1) is 21.8. The Labute approximate surface area is 160 Å². The normalized spacial score (nSPS) is 12.8. The van der Waals surface area contributed by atoms with Gasteiger partial charge in [0.25, 0.3) is 0 Å². The van der Waals surface area contributed by atoms with Crippen LogP contribution in [-0.4, -0.2) is 31.1 Å². The summed E-state index contributed by atoms with van der Waals surface area (Å²) < 4.78 is 81.3. The lowest BCUT2D eigenvalue weighted by molar-refractivity contribution is -0.141. The van der Waals surface area contributed by atoms with E-state index in [4.69, 9.17) is 4.74 Å². The van der Waals surface area contributed by atoms with E-state index in [1.165, 1.54) is 25.2 Å². The molecule has 12 heteroatoms. The molecular formula is C16H16F6N4OS. The third kappa shape index (κ3) is 6.29. The number of ether oxygens (including phenoxy) is 1. The van der Waals surface area contributed by atoms with Gasteiger partial charge in [-0.3, -0.25) is 4.99 Å². The van der Waals surface area contributed by atoms with Crippen molar-refractivity contribution in [3.63, 3.8) is 0 Å². The number of rotatable bonds is 6. The SMILES string of the molecule is CN=C(NCCOc1ccccc1C(F)(F)F)NCc1nc(C(F)(F)F)cs1. The second-order valence-corrected chi connectivity index (χ2v) is 6.26. The number of thiazole rings is 1. The highest BCUT2D eigenvalue weighted by Crippen LogP contribution is 2.35. The maximum Gasteiger partial charge on any atom is 0.434 e. The van der Waals surface area contributed by atoms with E-state index in [0.29, 0.717) is 0 Å². The molecule has 2 N–H and O–H groups in total. The van der Waals surface area contributed by atoms with Crippen LogP contribution in [0.2, 0.25) is 0 Å². The van der Waals surface area contributed by atoms with Crippen LogP contribution in [0, 0.1) is 0 Å². The first-order chi connectivity index (χ1) is 13.1. The van der Waals surface area contributed by atoms with Crippen molar-refractivity contribution < 1.29 is 31.1 Å². The van der Waals surface area contributed by atoms with Crippen molar-refractivity contribution in [2.45, 2.75) is 18.9 Å². The Morgan fingerprint density at radius 1 is 1.11 bits per heavy atom. The monoisotopic (exact) mass is 426 g/mol. The Morgan fingerprint density at radius 2 is 1.82 bits per heavy atom. The Hall–Kier alpha value is -2.50. The van der Waals surface area contributed by atoms with Gasteiger partial charge in [-0.25, -0.2) is 4.98 Å². The largest absolute Gasteiger partial charge is 0.491 e. The molecule has 1 aromatic heterocycles. The van der Waals surface area contributed by atoms with E-state index < -0.39 is 23.6 Å². The summed E-state index contributed by atoms with van der Waals surface area (Å²) in [5.74, 6) is -0.0429. The summed E-state index contributed by atoms with van der Waals surface area (Å²) in [6.45, 7) is 0.0545. The topological polar surface area (TPSA) is 58.5 Å². The number of guanidine groups is 1. The van der Waals surface area contributed by atoms with E-state index in [1.807, 2.05) is 0 Å². The third-order valence-corrected chi connectivity index (χ3v) is 4.17. The van der Waals surface area contributed by atoms with E-state index in [2.05, 4.69) is 20.6 Å². The van der Waals surface area contributed by atoms with Crippen molar-refractivity contribution in [3.8, 4) is 5.75 Å². The molecule has 28 heavy (non-hydrogen) atoms. The smallest absolute Gasteiger partial charge is 0.434 e. The number of aromatic nitrogens is 1. The van der Waals surface area contributed by atoms with Crippen LogP contribution in [0.15, 0.2) is 34.6 Å². The predicted molar refractivity (Wildman–Crippen MR) is 92.3 cm³/mol. The maximum atomic E-state index is 12.9. The molecule has 0 unspecified atom stereocenters. The molecule has 0 radical (unpaired) electrons. The zero-order valence-electron chi connectivity index (χ0n) is 14.5. The molecule has 1 heterocycles. The van der Waals surface area contributed by atoms with E-state index in [9.17, 15) is 26.3 Å². The molecule has 154 valence electrons. The van der Waals surface area contributed by atoms with Crippen LogP contribution >= 0.6 is 11.3 Å². The van der Waals surface area contributed by atoms with Gasteiger partial charge in [-0.1, -0.05) is 12.1 Å². The average Bonchev–Trinajstić information content (AvgIpc) is 3.10. The number of nitrogens with one attached hydrogen (secondary N) is 2. The molecule has 1 aromatic carbocycles. The van der Waals surface area contributed by atoms with Gasteiger partial charge >= 0.3 is 12.4 Å². The molecule has 5 nitrogen and oxygen atoms in total. The van der Waals surface area contributed by atoms with Crippen molar-refractivity contribution in [1.82, 2.24) is 15.6 Å². The zero-order chi connectivity index (χ0) is 20.8. The lowest BCUT2D eigenvalue weighted by Crippen LogP contribution is -2.38. The number of hydrogen-bond donors (Lipinski definition) is 2. The summed E-state index contributed by atoms with van der Waals surface area (Å²) in [6, 6.07) is 4.84. The van der Waals surface area contributed by atoms with Gasteiger partial charge in [0.1, 0.15) is 17.4 Å². The first-order valence-corrected chi connectivity index (χ1v) is 8.74. The van der Waals surface area contributed by atoms with Gasteiger partial charge in [0.2, 0.25) is 0 Å². The van der Waals surface area contributed by atoms with E-state index in [0.717, 1.165) is 22.8 Å². The molecule has 0 saturated carbocycles. The molecule has 0 aliphatic carbocycles. The number of aliphatic imine (C=N–C) groups is 1. The highest BCUT2D eigenvalue weighted by Gasteiger charge is 2.34. The molecule has 0 atom stereocenters. The molecule has 0 aliphatic rings. The van der Waals surface area contributed by atoms with Crippen LogP contribution in [0.5, 0.6) is 5.75 Å². The molecule has 0 bridgehead atoms. The number of alkyl halides is 6. The van der Waals surface area contributed by atoms with Crippen LogP contribution in [-0.2, 0) is 18.9 Å². The third-order valence-electron chi connectivity index (χ3n) is 3.32. The minimum Gasteiger partial charge on any atom is -0.491 e. The van der Waals surface area contributed by atoms with Gasteiger partial charge in [0.05, 0.1) is 18.7 Å². The number of hydrogen-bond acceptors (Lipinski definition) is 4. The molecular weight excluding hydrogens is 410 g/mol. The van der Waals surface area contributed by atoms with Crippen LogP contribution in [0.4, 0.5) is 26.3 Å². The summed E-state index contributed by atoms with van der Waals surface area (Å²) in [5.41, 5.74) is -1.84. The molecule has 0 saturated heterocycles. The summed E-state index contributed by atoms with van der Waals surface area (Å²) >= 11 is 0.851. The number of benzene rings is 1. The lowest BCUT2D eigenvalue weighted by atomic mass is 10.2. The predicted octanol–water partition coefficient (Wildman–Crippen LogP) is 3.92. The van der Waals surface area contributed by atoms with Gasteiger partial charge in [-0.05, 0) is 12.1 Å². The van der Waals surface area contributed by atoms with Crippen molar-refractivity contribution in [3.05, 3.63) is 45.9 Å². The fourth-order valence-electron chi connectivity index (χ4n) is 2.06. The summed E-state index contributed by atoms with van der Waals surface area (Å²) in [5, 5.41) is 6.69. The minimum atomic E-state index is -4.52. The van der Waals surface area contributed by atoms with Gasteiger partial charge in [-0.15, -0.1) is 11.3 Å². The minimum absolute atomic E-state index is 0.0121. The highest BCUT2D eigenvalue weighted by atomic mass is 32.1. The lowest BCUT2D eigenvalue weighted by Gasteiger charge is -2.15. The fraction of sp³-hybridized carbons (Fsp3) is 0.375. The summed E-state index contributed by atoms with van der Waals surface area (Å²) in [6.07, 6.45) is -9.02.